The Balaban J connectivity index is 0.00000144. The van der Waals surface area contributed by atoms with Crippen LogP contribution in [0.4, 0.5) is 17.1 Å². The third kappa shape index (κ3) is 12.3. The molecule has 0 aliphatic carbocycles. The molecular weight excluding hydrogens is 645 g/mol. The predicted molar refractivity (Wildman–Crippen MR) is 236 cm³/mol. The molecular formula is C49H56N4. The summed E-state index contributed by atoms with van der Waals surface area (Å²) in [6.07, 6.45) is 22.3. The molecule has 0 bridgehead atoms. The van der Waals surface area contributed by atoms with Gasteiger partial charge in [-0.15, -0.1) is 6.58 Å². The molecule has 53 heavy (non-hydrogen) atoms. The van der Waals surface area contributed by atoms with Gasteiger partial charge in [0.2, 0.25) is 0 Å². The van der Waals surface area contributed by atoms with Gasteiger partial charge < -0.3 is 14.8 Å². The van der Waals surface area contributed by atoms with Crippen molar-refractivity contribution < 1.29 is 0 Å². The summed E-state index contributed by atoms with van der Waals surface area (Å²) in [7, 11) is 1.93. The number of aliphatic imine (C=N–C) groups is 1. The smallest absolute Gasteiger partial charge is 0.0864 e. The first kappa shape index (κ1) is 41.3. The van der Waals surface area contributed by atoms with E-state index in [4.69, 9.17) is 4.99 Å². The van der Waals surface area contributed by atoms with Crippen molar-refractivity contribution in [3.05, 3.63) is 206 Å². The number of rotatable bonds is 14. The van der Waals surface area contributed by atoms with Gasteiger partial charge in [-0.25, -0.2) is 0 Å². The number of nitrogens with one attached hydrogen (secondary N) is 1. The number of aryl methyl sites for hydroxylation is 1. The van der Waals surface area contributed by atoms with E-state index in [1.807, 2.05) is 64.2 Å². The lowest BCUT2D eigenvalue weighted by Crippen LogP contribution is -2.13. The number of hydrogen-bond donors (Lipinski definition) is 1. The first-order valence-corrected chi connectivity index (χ1v) is 18.4. The molecule has 5 aromatic rings. The Kier molecular flexibility index (Phi) is 18.2. The fourth-order valence-electron chi connectivity index (χ4n) is 5.73. The van der Waals surface area contributed by atoms with Crippen LogP contribution in [0, 0.1) is 6.92 Å². The summed E-state index contributed by atoms with van der Waals surface area (Å²) in [4.78, 5) is 7.30. The molecule has 272 valence electrons. The van der Waals surface area contributed by atoms with E-state index in [0.717, 1.165) is 52.6 Å². The Morgan fingerprint density at radius 3 is 2.13 bits per heavy atom. The van der Waals surface area contributed by atoms with E-state index >= 15 is 0 Å². The van der Waals surface area contributed by atoms with Crippen LogP contribution in [0.25, 0.3) is 16.6 Å². The van der Waals surface area contributed by atoms with Gasteiger partial charge >= 0.3 is 0 Å². The highest BCUT2D eigenvalue weighted by Gasteiger charge is 2.10. The summed E-state index contributed by atoms with van der Waals surface area (Å²) in [6.45, 7) is 17.5. The van der Waals surface area contributed by atoms with Gasteiger partial charge in [-0.05, 0) is 106 Å². The number of anilines is 2. The number of para-hydroxylation sites is 4. The van der Waals surface area contributed by atoms with Crippen molar-refractivity contribution in [3.8, 4) is 0 Å². The molecule has 0 saturated heterocycles. The Morgan fingerprint density at radius 1 is 0.811 bits per heavy atom. The van der Waals surface area contributed by atoms with Crippen LogP contribution in [0.1, 0.15) is 51.8 Å². The van der Waals surface area contributed by atoms with E-state index in [9.17, 15) is 0 Å². The Labute approximate surface area is 318 Å². The predicted octanol–water partition coefficient (Wildman–Crippen LogP) is 13.9. The van der Waals surface area contributed by atoms with Crippen LogP contribution in [-0.2, 0) is 0 Å². The minimum atomic E-state index is 0.792. The van der Waals surface area contributed by atoms with Gasteiger partial charge in [0.15, 0.2) is 0 Å². The van der Waals surface area contributed by atoms with E-state index in [2.05, 4.69) is 175 Å². The van der Waals surface area contributed by atoms with Crippen LogP contribution < -0.4 is 10.2 Å². The minimum absolute atomic E-state index is 0.792. The summed E-state index contributed by atoms with van der Waals surface area (Å²) in [5.74, 6) is 0. The van der Waals surface area contributed by atoms with Crippen molar-refractivity contribution >= 4 is 39.4 Å². The second-order valence-corrected chi connectivity index (χ2v) is 11.7. The summed E-state index contributed by atoms with van der Waals surface area (Å²) in [5.41, 5.74) is 9.66. The van der Waals surface area contributed by atoms with Crippen LogP contribution in [0.2, 0.25) is 0 Å². The monoisotopic (exact) mass is 700 g/mol. The highest BCUT2D eigenvalue weighted by atomic mass is 15.1. The van der Waals surface area contributed by atoms with Crippen LogP contribution in [0.5, 0.6) is 0 Å². The largest absolute Gasteiger partial charge is 0.386 e. The maximum atomic E-state index is 5.11. The molecule has 1 N–H and O–H groups in total. The first-order valence-electron chi connectivity index (χ1n) is 18.4. The molecule has 0 radical (unpaired) electrons. The summed E-state index contributed by atoms with van der Waals surface area (Å²) >= 11 is 0. The van der Waals surface area contributed by atoms with Crippen LogP contribution in [0.3, 0.4) is 0 Å². The molecule has 0 aliphatic rings. The van der Waals surface area contributed by atoms with E-state index in [1.165, 1.54) is 16.6 Å². The molecule has 0 atom stereocenters. The van der Waals surface area contributed by atoms with E-state index in [0.29, 0.717) is 0 Å². The van der Waals surface area contributed by atoms with Crippen molar-refractivity contribution in [3.63, 3.8) is 0 Å². The summed E-state index contributed by atoms with van der Waals surface area (Å²) in [5, 5.41) is 4.50. The lowest BCUT2D eigenvalue weighted by Gasteiger charge is -2.22. The van der Waals surface area contributed by atoms with E-state index in [-0.39, 0.29) is 0 Å². The van der Waals surface area contributed by atoms with Gasteiger partial charge in [0.05, 0.1) is 16.9 Å². The van der Waals surface area contributed by atoms with Crippen LogP contribution in [-0.4, -0.2) is 17.3 Å². The van der Waals surface area contributed by atoms with Crippen molar-refractivity contribution in [2.45, 2.75) is 47.5 Å². The molecule has 0 fully saturated rings. The fraction of sp³-hybridized carbons (Fsp3) is 0.163. The lowest BCUT2D eigenvalue weighted by molar-refractivity contribution is 1.08. The highest BCUT2D eigenvalue weighted by Crippen LogP contribution is 2.27. The van der Waals surface area contributed by atoms with Crippen molar-refractivity contribution in [1.82, 2.24) is 4.57 Å². The molecule has 0 aliphatic heterocycles. The molecule has 0 saturated carbocycles. The lowest BCUT2D eigenvalue weighted by atomic mass is 10.0. The standard InChI is InChI=1S/C44H44N4.C3H6.C2H6/c1-5-20-38(27-14-15-29-41(36-22-9-7-10-23-36)46-43-31-17-16-30-42(43)45-4)47(39-25-11-8-12-26-39)33-19-28-40(21-6-2)48-35(3)34-37-24-13-18-32-44(37)48;1-3-2;1-2/h5-14,16-28,30-34,45H,1,15,29H2,2-4H3;3H,1H2,2H3;1-2H3/b21-6-,27-14-,33-19+,38-20+,40-28+,46-41?;;. The zero-order valence-electron chi connectivity index (χ0n) is 32.4. The summed E-state index contributed by atoms with van der Waals surface area (Å²) < 4.78 is 2.30. The molecule has 0 unspecified atom stereocenters. The second-order valence-electron chi connectivity index (χ2n) is 11.7. The van der Waals surface area contributed by atoms with Crippen molar-refractivity contribution in [1.29, 1.82) is 0 Å². The number of allylic oxidation sites excluding steroid dienone is 10. The number of benzene rings is 4. The Hall–Kier alpha value is -6.13. The number of aromatic nitrogens is 1. The average Bonchev–Trinajstić information content (AvgIpc) is 3.54. The van der Waals surface area contributed by atoms with Crippen LogP contribution >= 0.6 is 0 Å². The summed E-state index contributed by atoms with van der Waals surface area (Å²) in [6, 6.07) is 39.7. The van der Waals surface area contributed by atoms with Crippen molar-refractivity contribution in [2.75, 3.05) is 17.3 Å². The maximum absolute atomic E-state index is 5.11. The Morgan fingerprint density at radius 2 is 1.45 bits per heavy atom. The van der Waals surface area contributed by atoms with E-state index in [1.54, 1.807) is 6.08 Å². The number of fused-ring (bicyclic) bond motifs is 1. The molecule has 4 aromatic carbocycles. The highest BCUT2D eigenvalue weighted by molar-refractivity contribution is 6.02. The average molecular weight is 701 g/mol. The quantitative estimate of drug-likeness (QED) is 0.0710. The minimum Gasteiger partial charge on any atom is -0.386 e. The third-order valence-electron chi connectivity index (χ3n) is 7.97. The second kappa shape index (κ2) is 23.4. The topological polar surface area (TPSA) is 32.6 Å². The third-order valence-corrected chi connectivity index (χ3v) is 7.97. The molecule has 0 amide bonds. The maximum Gasteiger partial charge on any atom is 0.0864 e. The van der Waals surface area contributed by atoms with Gasteiger partial charge in [-0.1, -0.05) is 124 Å². The number of hydrogen-bond acceptors (Lipinski definition) is 3. The molecule has 4 nitrogen and oxygen atoms in total. The molecule has 5 rings (SSSR count). The fourth-order valence-corrected chi connectivity index (χ4v) is 5.73. The SMILES string of the molecule is C=C/C=C(\C=C/CCC(=Nc1ccccc1NC)c1ccccc1)N(/C=C/C=C(\C=C/C)n1c(C)cc2ccccc21)c1ccccc1.C=CC.CC. The number of nitrogens with zero attached hydrogens (tertiary/aromatic N) is 3. The van der Waals surface area contributed by atoms with Gasteiger partial charge in [0.1, 0.15) is 0 Å². The first-order chi connectivity index (χ1) is 26.0. The van der Waals surface area contributed by atoms with Gasteiger partial charge in [-0.2, -0.15) is 0 Å². The molecule has 4 heteroatoms. The molecule has 1 heterocycles. The zero-order chi connectivity index (χ0) is 38.3. The van der Waals surface area contributed by atoms with E-state index < -0.39 is 0 Å². The Bertz CT molecular complexity index is 2040. The van der Waals surface area contributed by atoms with Crippen molar-refractivity contribution in [2.24, 2.45) is 4.99 Å². The normalized spacial score (nSPS) is 12.0. The molecule has 0 spiro atoms. The zero-order valence-corrected chi connectivity index (χ0v) is 32.4. The van der Waals surface area contributed by atoms with Gasteiger partial charge in [0.25, 0.3) is 0 Å². The van der Waals surface area contributed by atoms with Gasteiger partial charge in [0, 0.05) is 47.1 Å². The van der Waals surface area contributed by atoms with Crippen LogP contribution in [0.15, 0.2) is 200 Å². The van der Waals surface area contributed by atoms with Gasteiger partial charge in [-0.3, -0.25) is 4.99 Å². The molecule has 1 aromatic heterocycles.